The van der Waals surface area contributed by atoms with Crippen molar-refractivity contribution in [1.82, 2.24) is 9.55 Å². The van der Waals surface area contributed by atoms with Crippen molar-refractivity contribution in [1.29, 1.82) is 0 Å². The molecule has 0 aliphatic carbocycles. The molecule has 0 saturated carbocycles. The largest absolute Gasteiger partial charge is 0.480 e. The van der Waals surface area contributed by atoms with Crippen LogP contribution < -0.4 is 0 Å². The van der Waals surface area contributed by atoms with Gasteiger partial charge in [0.05, 0.1) is 0 Å². The number of nitro groups is 1. The number of halogens is 1. The number of aromatic nitrogens is 2. The fraction of sp³-hybridized carbons (Fsp3) is 0.429. The number of hydrogen-bond donors (Lipinski definition) is 1. The van der Waals surface area contributed by atoms with Gasteiger partial charge >= 0.3 is 11.8 Å². The van der Waals surface area contributed by atoms with Gasteiger partial charge in [0.2, 0.25) is 5.82 Å². The van der Waals surface area contributed by atoms with Crippen molar-refractivity contribution >= 4 is 27.7 Å². The number of nitrogens with zero attached hydrogens (tertiary/aromatic N) is 3. The van der Waals surface area contributed by atoms with Crippen molar-refractivity contribution in [3.8, 4) is 0 Å². The third kappa shape index (κ3) is 1.99. The summed E-state index contributed by atoms with van der Waals surface area (Å²) in [6, 6.07) is -0.902. The second-order valence-electron chi connectivity index (χ2n) is 2.91. The first kappa shape index (κ1) is 11.6. The van der Waals surface area contributed by atoms with Crippen LogP contribution in [0.1, 0.15) is 18.8 Å². The highest BCUT2D eigenvalue weighted by Gasteiger charge is 2.28. The van der Waals surface area contributed by atoms with E-state index in [0.29, 0.717) is 0 Å². The average molecular weight is 278 g/mol. The average Bonchev–Trinajstić information content (AvgIpc) is 2.41. The van der Waals surface area contributed by atoms with Gasteiger partial charge in [0.25, 0.3) is 0 Å². The first-order chi connectivity index (χ1) is 6.86. The SMILES string of the molecule is Cc1nc([N+](=O)[O-])c(Br)n1[C@H](C)C(=O)O. The molecule has 0 saturated heterocycles. The van der Waals surface area contributed by atoms with Crippen LogP contribution in [0.3, 0.4) is 0 Å². The zero-order valence-corrected chi connectivity index (χ0v) is 9.55. The highest BCUT2D eigenvalue weighted by atomic mass is 79.9. The molecule has 0 radical (unpaired) electrons. The number of carbonyl (C=O) groups is 1. The van der Waals surface area contributed by atoms with Crippen LogP contribution in [0, 0.1) is 17.0 Å². The zero-order valence-electron chi connectivity index (χ0n) is 7.97. The molecule has 0 aromatic carbocycles. The van der Waals surface area contributed by atoms with Crippen molar-refractivity contribution < 1.29 is 14.8 Å². The maximum Gasteiger partial charge on any atom is 0.396 e. The summed E-state index contributed by atoms with van der Waals surface area (Å²) in [5, 5.41) is 19.3. The van der Waals surface area contributed by atoms with E-state index in [9.17, 15) is 14.9 Å². The van der Waals surface area contributed by atoms with Crippen LogP contribution in [-0.4, -0.2) is 25.6 Å². The van der Waals surface area contributed by atoms with E-state index in [1.807, 2.05) is 0 Å². The van der Waals surface area contributed by atoms with Crippen molar-refractivity contribution in [2.45, 2.75) is 19.9 Å². The Balaban J connectivity index is 3.31. The molecular formula is C7H8BrN3O4. The first-order valence-corrected chi connectivity index (χ1v) is 4.77. The van der Waals surface area contributed by atoms with Crippen LogP contribution in [-0.2, 0) is 4.79 Å². The molecule has 1 aromatic heterocycles. The number of carboxylic acid groups (broad SMARTS) is 1. The molecule has 1 N–H and O–H groups in total. The zero-order chi connectivity index (χ0) is 11.7. The molecule has 0 aliphatic heterocycles. The lowest BCUT2D eigenvalue weighted by molar-refractivity contribution is -0.390. The first-order valence-electron chi connectivity index (χ1n) is 3.97. The van der Waals surface area contributed by atoms with Crippen LogP contribution in [0.25, 0.3) is 0 Å². The topological polar surface area (TPSA) is 98.3 Å². The maximum atomic E-state index is 10.7. The fourth-order valence-corrected chi connectivity index (χ4v) is 1.98. The summed E-state index contributed by atoms with van der Waals surface area (Å²) in [5.74, 6) is -1.17. The summed E-state index contributed by atoms with van der Waals surface area (Å²) in [5.41, 5.74) is 0. The molecule has 0 aliphatic rings. The number of aliphatic carboxylic acids is 1. The molecule has 15 heavy (non-hydrogen) atoms. The normalized spacial score (nSPS) is 12.5. The Hall–Kier alpha value is -1.44. The van der Waals surface area contributed by atoms with Gasteiger partial charge in [-0.25, -0.2) is 4.79 Å². The molecule has 0 amide bonds. The van der Waals surface area contributed by atoms with Gasteiger partial charge in [-0.2, -0.15) is 0 Å². The summed E-state index contributed by atoms with van der Waals surface area (Å²) in [6.45, 7) is 2.93. The van der Waals surface area contributed by atoms with Gasteiger partial charge in [-0.1, -0.05) is 0 Å². The van der Waals surface area contributed by atoms with Crippen molar-refractivity contribution in [3.05, 3.63) is 20.5 Å². The lowest BCUT2D eigenvalue weighted by atomic mass is 10.3. The van der Waals surface area contributed by atoms with Gasteiger partial charge in [-0.3, -0.25) is 4.57 Å². The fourth-order valence-electron chi connectivity index (χ4n) is 1.18. The Kier molecular flexibility index (Phi) is 3.08. The standard InChI is InChI=1S/C7H8BrN3O4/c1-3(7(12)13)10-4(2)9-6(5(10)8)11(14)15/h3H,1-2H3,(H,12,13)/t3-/m1/s1. The smallest absolute Gasteiger partial charge is 0.396 e. The van der Waals surface area contributed by atoms with E-state index in [2.05, 4.69) is 20.9 Å². The van der Waals surface area contributed by atoms with E-state index >= 15 is 0 Å². The number of rotatable bonds is 3. The van der Waals surface area contributed by atoms with E-state index in [4.69, 9.17) is 5.11 Å². The molecule has 1 atom stereocenters. The molecule has 1 aromatic rings. The Morgan fingerprint density at radius 3 is 2.60 bits per heavy atom. The number of hydrogen-bond acceptors (Lipinski definition) is 4. The van der Waals surface area contributed by atoms with Gasteiger partial charge in [-0.15, -0.1) is 0 Å². The Bertz CT molecular complexity index is 428. The van der Waals surface area contributed by atoms with Gasteiger partial charge in [-0.05, 0) is 32.8 Å². The molecule has 0 spiro atoms. The summed E-state index contributed by atoms with van der Waals surface area (Å²) >= 11 is 2.97. The third-order valence-electron chi connectivity index (χ3n) is 1.93. The summed E-state index contributed by atoms with van der Waals surface area (Å²) in [4.78, 5) is 24.3. The predicted molar refractivity (Wildman–Crippen MR) is 53.7 cm³/mol. The monoisotopic (exact) mass is 277 g/mol. The molecule has 1 heterocycles. The highest BCUT2D eigenvalue weighted by molar-refractivity contribution is 9.10. The van der Waals surface area contributed by atoms with Gasteiger partial charge in [0.15, 0.2) is 4.60 Å². The van der Waals surface area contributed by atoms with Crippen LogP contribution in [0.15, 0.2) is 4.60 Å². The lowest BCUT2D eigenvalue weighted by Gasteiger charge is -2.08. The summed E-state index contributed by atoms with van der Waals surface area (Å²) < 4.78 is 1.32. The molecular weight excluding hydrogens is 270 g/mol. The van der Waals surface area contributed by atoms with Gasteiger partial charge in [0, 0.05) is 6.92 Å². The highest BCUT2D eigenvalue weighted by Crippen LogP contribution is 2.28. The molecule has 0 unspecified atom stereocenters. The second kappa shape index (κ2) is 3.97. The van der Waals surface area contributed by atoms with E-state index in [-0.39, 0.29) is 16.2 Å². The van der Waals surface area contributed by atoms with E-state index in [0.717, 1.165) is 0 Å². The second-order valence-corrected chi connectivity index (χ2v) is 3.67. The Morgan fingerprint density at radius 1 is 1.73 bits per heavy atom. The third-order valence-corrected chi connectivity index (χ3v) is 2.67. The molecule has 0 bridgehead atoms. The van der Waals surface area contributed by atoms with E-state index in [1.54, 1.807) is 0 Å². The molecule has 1 rings (SSSR count). The summed E-state index contributed by atoms with van der Waals surface area (Å²) in [6.07, 6.45) is 0. The minimum absolute atomic E-state index is 0.0694. The Labute approximate surface area is 93.0 Å². The minimum atomic E-state index is -1.08. The van der Waals surface area contributed by atoms with Gasteiger partial charge < -0.3 is 15.2 Å². The number of carboxylic acids is 1. The molecule has 8 heteroatoms. The molecule has 0 fully saturated rings. The number of aryl methyl sites for hydroxylation is 1. The number of imidazole rings is 1. The lowest BCUT2D eigenvalue weighted by Crippen LogP contribution is -2.17. The quantitative estimate of drug-likeness (QED) is 0.667. The van der Waals surface area contributed by atoms with Crippen LogP contribution in [0.5, 0.6) is 0 Å². The van der Waals surface area contributed by atoms with Crippen molar-refractivity contribution in [2.75, 3.05) is 0 Å². The maximum absolute atomic E-state index is 10.7. The van der Waals surface area contributed by atoms with Gasteiger partial charge in [0.1, 0.15) is 6.04 Å². The van der Waals surface area contributed by atoms with E-state index in [1.165, 1.54) is 18.4 Å². The molecule has 7 nitrogen and oxygen atoms in total. The molecule has 82 valence electrons. The summed E-state index contributed by atoms with van der Waals surface area (Å²) in [7, 11) is 0. The van der Waals surface area contributed by atoms with Crippen LogP contribution in [0.4, 0.5) is 5.82 Å². The van der Waals surface area contributed by atoms with Crippen molar-refractivity contribution in [2.24, 2.45) is 0 Å². The Morgan fingerprint density at radius 2 is 2.27 bits per heavy atom. The van der Waals surface area contributed by atoms with Crippen LogP contribution in [0.2, 0.25) is 0 Å². The van der Waals surface area contributed by atoms with Crippen LogP contribution >= 0.6 is 15.9 Å². The predicted octanol–water partition coefficient (Wildman–Crippen LogP) is 1.51. The van der Waals surface area contributed by atoms with E-state index < -0.39 is 16.9 Å². The van der Waals surface area contributed by atoms with Crippen molar-refractivity contribution in [3.63, 3.8) is 0 Å². The minimum Gasteiger partial charge on any atom is -0.480 e.